The number of benzene rings is 1. The predicted octanol–water partition coefficient (Wildman–Crippen LogP) is 3.68. The first-order valence-electron chi connectivity index (χ1n) is 11.6. The fraction of sp³-hybridized carbons (Fsp3) is 0.667. The van der Waals surface area contributed by atoms with E-state index in [-0.39, 0.29) is 25.2 Å². The van der Waals surface area contributed by atoms with E-state index in [9.17, 15) is 13.2 Å². The zero-order valence-electron chi connectivity index (χ0n) is 19.2. The van der Waals surface area contributed by atoms with Gasteiger partial charge in [-0.3, -0.25) is 4.79 Å². The summed E-state index contributed by atoms with van der Waals surface area (Å²) in [4.78, 5) is 14.9. The van der Waals surface area contributed by atoms with E-state index in [0.717, 1.165) is 37.0 Å². The summed E-state index contributed by atoms with van der Waals surface area (Å²) in [6, 6.07) is 7.50. The van der Waals surface area contributed by atoms with Gasteiger partial charge in [-0.25, -0.2) is 8.42 Å². The molecule has 0 spiro atoms. The van der Waals surface area contributed by atoms with Gasteiger partial charge in [0, 0.05) is 6.54 Å². The molecule has 1 aliphatic carbocycles. The summed E-state index contributed by atoms with van der Waals surface area (Å²) in [6.07, 6.45) is 5.21. The van der Waals surface area contributed by atoms with E-state index in [4.69, 9.17) is 9.47 Å². The van der Waals surface area contributed by atoms with Gasteiger partial charge in [0.25, 0.3) is 15.9 Å². The predicted molar refractivity (Wildman–Crippen MR) is 124 cm³/mol. The maximum absolute atomic E-state index is 13.2. The fourth-order valence-electron chi connectivity index (χ4n) is 4.75. The number of hydrogen-bond donors (Lipinski definition) is 0. The highest BCUT2D eigenvalue weighted by Crippen LogP contribution is 2.38. The summed E-state index contributed by atoms with van der Waals surface area (Å²) < 4.78 is 41.1. The van der Waals surface area contributed by atoms with Crippen molar-refractivity contribution >= 4 is 21.6 Å². The average Bonchev–Trinajstić information content (AvgIpc) is 2.77. The minimum Gasteiger partial charge on any atom is -0.483 e. The maximum atomic E-state index is 13.2. The third-order valence-electron chi connectivity index (χ3n) is 6.80. The molecule has 0 aromatic heterocycles. The van der Waals surface area contributed by atoms with Crippen LogP contribution in [0.15, 0.2) is 28.7 Å². The molecular weight excluding hydrogens is 428 g/mol. The van der Waals surface area contributed by atoms with Gasteiger partial charge in [-0.2, -0.15) is 4.40 Å². The minimum atomic E-state index is -3.71. The van der Waals surface area contributed by atoms with Crippen LogP contribution in [0, 0.1) is 0 Å². The Labute approximate surface area is 191 Å². The van der Waals surface area contributed by atoms with Crippen molar-refractivity contribution in [3.63, 3.8) is 0 Å². The van der Waals surface area contributed by atoms with Crippen LogP contribution in [-0.2, 0) is 19.6 Å². The molecule has 176 valence electrons. The molecule has 0 unspecified atom stereocenters. The van der Waals surface area contributed by atoms with Crippen molar-refractivity contribution < 1.29 is 22.7 Å². The van der Waals surface area contributed by atoms with Crippen molar-refractivity contribution in [2.45, 2.75) is 82.1 Å². The van der Waals surface area contributed by atoms with Crippen molar-refractivity contribution in [2.75, 3.05) is 19.8 Å². The molecule has 4 aliphatic rings. The molecule has 8 heteroatoms. The number of piperidine rings is 1. The van der Waals surface area contributed by atoms with Crippen molar-refractivity contribution in [2.24, 2.45) is 4.40 Å². The number of hydrogen-bond acceptors (Lipinski definition) is 5. The molecule has 5 rings (SSSR count). The highest BCUT2D eigenvalue weighted by atomic mass is 32.2. The zero-order chi connectivity index (χ0) is 22.9. The monoisotopic (exact) mass is 462 g/mol. The van der Waals surface area contributed by atoms with E-state index < -0.39 is 20.8 Å². The summed E-state index contributed by atoms with van der Waals surface area (Å²) in [5.41, 5.74) is 1.68. The average molecular weight is 463 g/mol. The van der Waals surface area contributed by atoms with Crippen LogP contribution in [0.5, 0.6) is 5.75 Å². The van der Waals surface area contributed by atoms with Crippen LogP contribution in [-0.4, -0.2) is 61.6 Å². The van der Waals surface area contributed by atoms with Crippen molar-refractivity contribution in [1.82, 2.24) is 4.90 Å². The normalized spacial score (nSPS) is 28.7. The largest absolute Gasteiger partial charge is 0.483 e. The number of rotatable bonds is 1. The molecule has 1 saturated heterocycles. The number of nitrogens with zero attached hydrogens (tertiary/aromatic N) is 2. The minimum absolute atomic E-state index is 0.0804. The van der Waals surface area contributed by atoms with E-state index in [1.807, 2.05) is 18.2 Å². The van der Waals surface area contributed by atoms with Gasteiger partial charge in [-0.1, -0.05) is 18.2 Å². The van der Waals surface area contributed by atoms with Crippen molar-refractivity contribution in [3.8, 4) is 5.75 Å². The third-order valence-corrected chi connectivity index (χ3v) is 8.82. The molecule has 2 fully saturated rings. The molecule has 1 aromatic rings. The molecule has 2 bridgehead atoms. The molecule has 1 atom stereocenters. The Morgan fingerprint density at radius 1 is 1.09 bits per heavy atom. The number of carbonyl (C=O) groups excluding carboxylic acids is 1. The number of carbonyl (C=O) groups is 1. The first-order valence-corrected chi connectivity index (χ1v) is 13.1. The summed E-state index contributed by atoms with van der Waals surface area (Å²) in [7, 11) is -3.71. The van der Waals surface area contributed by atoms with Gasteiger partial charge in [0.2, 0.25) is 0 Å². The maximum Gasteiger partial charge on any atom is 0.261 e. The fourth-order valence-corrected chi connectivity index (χ4v) is 5.55. The summed E-state index contributed by atoms with van der Waals surface area (Å²) in [5, 5.41) is 0. The van der Waals surface area contributed by atoms with Gasteiger partial charge in [-0.05, 0) is 76.8 Å². The second kappa shape index (κ2) is 9.14. The molecule has 0 N–H and O–H groups in total. The van der Waals surface area contributed by atoms with Crippen LogP contribution in [0.3, 0.4) is 0 Å². The second-order valence-corrected chi connectivity index (χ2v) is 12.4. The van der Waals surface area contributed by atoms with Gasteiger partial charge in [0.15, 0.2) is 6.61 Å². The first-order chi connectivity index (χ1) is 15.2. The van der Waals surface area contributed by atoms with Crippen LogP contribution >= 0.6 is 0 Å². The molecule has 7 nitrogen and oxygen atoms in total. The number of ether oxygens (including phenoxy) is 2. The van der Waals surface area contributed by atoms with Gasteiger partial charge < -0.3 is 14.4 Å². The molecule has 1 amide bonds. The quantitative estimate of drug-likeness (QED) is 0.636. The third kappa shape index (κ3) is 4.86. The van der Waals surface area contributed by atoms with Gasteiger partial charge in [0.05, 0.1) is 29.2 Å². The lowest BCUT2D eigenvalue weighted by atomic mass is 9.82. The van der Waals surface area contributed by atoms with Crippen molar-refractivity contribution in [3.05, 3.63) is 29.8 Å². The van der Waals surface area contributed by atoms with Crippen LogP contribution in [0.1, 0.15) is 70.8 Å². The summed E-state index contributed by atoms with van der Waals surface area (Å²) in [5.74, 6) is 1.00. The summed E-state index contributed by atoms with van der Waals surface area (Å²) in [6.45, 7) is 5.66. The van der Waals surface area contributed by atoms with E-state index in [1.165, 1.54) is 0 Å². The first kappa shape index (κ1) is 23.2. The van der Waals surface area contributed by atoms with Crippen LogP contribution in [0.4, 0.5) is 0 Å². The SMILES string of the molecule is CC(C)(C)S(=O)(=O)/N=C1\CCCN2C(=O)COc3ccccc3C3CCC(CC3)OC[C@@H]12. The lowest BCUT2D eigenvalue weighted by Gasteiger charge is -2.37. The Kier molecular flexibility index (Phi) is 6.63. The topological polar surface area (TPSA) is 85.3 Å². The molecule has 3 aliphatic heterocycles. The number of para-hydroxylation sites is 1. The molecule has 1 aromatic carbocycles. The Morgan fingerprint density at radius 3 is 2.53 bits per heavy atom. The van der Waals surface area contributed by atoms with Gasteiger partial charge >= 0.3 is 0 Å². The van der Waals surface area contributed by atoms with E-state index in [2.05, 4.69) is 10.5 Å². The molecule has 3 heterocycles. The molecule has 0 radical (unpaired) electrons. The Bertz CT molecular complexity index is 974. The Morgan fingerprint density at radius 2 is 1.81 bits per heavy atom. The highest BCUT2D eigenvalue weighted by Gasteiger charge is 2.37. The smallest absolute Gasteiger partial charge is 0.261 e. The molecular formula is C24H34N2O5S. The highest BCUT2D eigenvalue weighted by molar-refractivity contribution is 7.91. The lowest BCUT2D eigenvalue weighted by Crippen LogP contribution is -2.53. The van der Waals surface area contributed by atoms with Gasteiger partial charge in [-0.15, -0.1) is 0 Å². The van der Waals surface area contributed by atoms with Gasteiger partial charge in [0.1, 0.15) is 5.75 Å². The van der Waals surface area contributed by atoms with Crippen LogP contribution in [0.2, 0.25) is 0 Å². The number of fused-ring (bicyclic) bond motifs is 5. The van der Waals surface area contributed by atoms with Crippen molar-refractivity contribution in [1.29, 1.82) is 0 Å². The van der Waals surface area contributed by atoms with Crippen LogP contribution < -0.4 is 4.74 Å². The second-order valence-electron chi connectivity index (χ2n) is 10.0. The molecule has 32 heavy (non-hydrogen) atoms. The van der Waals surface area contributed by atoms with E-state index in [0.29, 0.717) is 31.0 Å². The summed E-state index contributed by atoms with van der Waals surface area (Å²) >= 11 is 0. The van der Waals surface area contributed by atoms with Crippen LogP contribution in [0.25, 0.3) is 0 Å². The van der Waals surface area contributed by atoms with E-state index in [1.54, 1.807) is 25.7 Å². The lowest BCUT2D eigenvalue weighted by molar-refractivity contribution is -0.136. The van der Waals surface area contributed by atoms with E-state index >= 15 is 0 Å². The standard InChI is InChI=1S/C24H34N2O5S/c1-24(2,3)32(28,29)25-20-8-6-14-26-21(20)15-30-18-12-10-17(11-13-18)19-7-4-5-9-22(19)31-16-23(26)27/h4-5,7,9,17-18,21H,6,8,10-16H2,1-3H3/b25-20+/t17?,18?,21-/m0/s1. The molecule has 1 saturated carbocycles. The zero-order valence-corrected chi connectivity index (χ0v) is 20.1. The number of amides is 1. The number of sulfonamides is 1. The Hall–Kier alpha value is -1.93. The Balaban J connectivity index is 1.66.